The molecule has 0 saturated carbocycles. The molecular weight excluding hydrogens is 280 g/mol. The minimum absolute atomic E-state index is 0.219. The fourth-order valence-electron chi connectivity index (χ4n) is 2.75. The Hall–Kier alpha value is -2.65. The number of para-hydroxylation sites is 1. The Kier molecular flexibility index (Phi) is 3.65. The Bertz CT molecular complexity index is 826. The van der Waals surface area contributed by atoms with E-state index in [-0.39, 0.29) is 24.3 Å². The molecule has 2 amide bonds. The van der Waals surface area contributed by atoms with E-state index in [1.807, 2.05) is 29.8 Å². The second-order valence-corrected chi connectivity index (χ2v) is 5.22. The van der Waals surface area contributed by atoms with E-state index in [0.29, 0.717) is 18.7 Å². The van der Waals surface area contributed by atoms with E-state index < -0.39 is 0 Å². The molecule has 3 rings (SSSR count). The maximum Gasteiger partial charge on any atom is 0.234 e. The van der Waals surface area contributed by atoms with Crippen LogP contribution >= 0.6 is 0 Å². The summed E-state index contributed by atoms with van der Waals surface area (Å²) in [4.78, 5) is 28.0. The summed E-state index contributed by atoms with van der Waals surface area (Å²) < 4.78 is 1.88. The Morgan fingerprint density at radius 1 is 1.45 bits per heavy atom. The molecule has 0 aliphatic carbocycles. The van der Waals surface area contributed by atoms with Gasteiger partial charge in [-0.05, 0) is 24.0 Å². The van der Waals surface area contributed by atoms with Gasteiger partial charge in [-0.3, -0.25) is 14.9 Å². The number of hydrogen-bond acceptors (Lipinski definition) is 4. The molecule has 22 heavy (non-hydrogen) atoms. The minimum Gasteiger partial charge on any atom is -0.320 e. The molecular formula is C16H16N4O2. The van der Waals surface area contributed by atoms with E-state index in [0.717, 1.165) is 16.6 Å². The Labute approximate surface area is 127 Å². The van der Waals surface area contributed by atoms with Gasteiger partial charge in [0.1, 0.15) is 0 Å². The van der Waals surface area contributed by atoms with Crippen molar-refractivity contribution in [2.75, 3.05) is 6.54 Å². The van der Waals surface area contributed by atoms with Crippen molar-refractivity contribution < 1.29 is 9.59 Å². The molecule has 3 N–H and O–H groups in total. The molecule has 1 aliphatic rings. The highest BCUT2D eigenvalue weighted by atomic mass is 16.2. The van der Waals surface area contributed by atoms with Crippen molar-refractivity contribution >= 4 is 22.8 Å². The number of piperidine rings is 1. The lowest BCUT2D eigenvalue weighted by atomic mass is 9.90. The van der Waals surface area contributed by atoms with E-state index in [9.17, 15) is 9.59 Å². The summed E-state index contributed by atoms with van der Waals surface area (Å²) in [6, 6.07) is 5.71. The van der Waals surface area contributed by atoms with Crippen molar-refractivity contribution in [1.82, 2.24) is 14.9 Å². The number of fused-ring (bicyclic) bond motifs is 1. The second-order valence-electron chi connectivity index (χ2n) is 5.22. The summed E-state index contributed by atoms with van der Waals surface area (Å²) >= 11 is 0. The average molecular weight is 296 g/mol. The number of amides is 2. The van der Waals surface area contributed by atoms with Crippen LogP contribution < -0.4 is 11.1 Å². The molecule has 6 nitrogen and oxygen atoms in total. The standard InChI is InChI=1S/C16H16N4O2/c1-20-12-5-2-4-10(11-7-8-14(21)19-16(11)22)15(12)18-13(20)6-3-9-17/h2,4-5,11H,7-9,17H2,1H3,(H,19,21,22). The molecule has 0 bridgehead atoms. The molecule has 1 aliphatic heterocycles. The first-order valence-electron chi connectivity index (χ1n) is 7.09. The number of rotatable bonds is 1. The lowest BCUT2D eigenvalue weighted by Crippen LogP contribution is -2.39. The van der Waals surface area contributed by atoms with Crippen LogP contribution in [0.4, 0.5) is 0 Å². The smallest absolute Gasteiger partial charge is 0.234 e. The molecule has 1 aromatic carbocycles. The van der Waals surface area contributed by atoms with E-state index in [1.165, 1.54) is 0 Å². The first-order valence-corrected chi connectivity index (χ1v) is 7.09. The Morgan fingerprint density at radius 2 is 2.27 bits per heavy atom. The van der Waals surface area contributed by atoms with Gasteiger partial charge >= 0.3 is 0 Å². The zero-order valence-electron chi connectivity index (χ0n) is 12.2. The quantitative estimate of drug-likeness (QED) is 0.589. The number of carbonyl (C=O) groups excluding carboxylic acids is 2. The van der Waals surface area contributed by atoms with Gasteiger partial charge in [-0.1, -0.05) is 18.1 Å². The third kappa shape index (κ3) is 2.36. The third-order valence-electron chi connectivity index (χ3n) is 3.86. The summed E-state index contributed by atoms with van der Waals surface area (Å²) in [6.07, 6.45) is 0.851. The Balaban J connectivity index is 2.11. The zero-order valence-corrected chi connectivity index (χ0v) is 12.2. The Morgan fingerprint density at radius 3 is 3.00 bits per heavy atom. The van der Waals surface area contributed by atoms with Gasteiger partial charge in [0.15, 0.2) is 5.82 Å². The number of hydrogen-bond donors (Lipinski definition) is 2. The van der Waals surface area contributed by atoms with Crippen molar-refractivity contribution in [2.24, 2.45) is 12.8 Å². The van der Waals surface area contributed by atoms with Crippen LogP contribution in [0.25, 0.3) is 11.0 Å². The fraction of sp³-hybridized carbons (Fsp3) is 0.312. The predicted molar refractivity (Wildman–Crippen MR) is 81.8 cm³/mol. The van der Waals surface area contributed by atoms with Gasteiger partial charge in [-0.25, -0.2) is 4.98 Å². The largest absolute Gasteiger partial charge is 0.320 e. The lowest BCUT2D eigenvalue weighted by Gasteiger charge is -2.21. The van der Waals surface area contributed by atoms with E-state index in [4.69, 9.17) is 5.73 Å². The van der Waals surface area contributed by atoms with Crippen molar-refractivity contribution in [2.45, 2.75) is 18.8 Å². The first kappa shape index (κ1) is 14.3. The average Bonchev–Trinajstić information content (AvgIpc) is 2.82. The lowest BCUT2D eigenvalue weighted by molar-refractivity contribution is -0.134. The summed E-state index contributed by atoms with van der Waals surface area (Å²) in [5, 5.41) is 2.39. The van der Waals surface area contributed by atoms with Crippen LogP contribution in [0, 0.1) is 11.8 Å². The molecule has 2 aromatic rings. The highest BCUT2D eigenvalue weighted by Gasteiger charge is 2.30. The van der Waals surface area contributed by atoms with Crippen LogP contribution in [0.3, 0.4) is 0 Å². The van der Waals surface area contributed by atoms with E-state index in [2.05, 4.69) is 22.1 Å². The zero-order chi connectivity index (χ0) is 15.7. The molecule has 2 heterocycles. The van der Waals surface area contributed by atoms with Crippen molar-refractivity contribution in [1.29, 1.82) is 0 Å². The summed E-state index contributed by atoms with van der Waals surface area (Å²) in [5.74, 6) is 5.50. The van der Waals surface area contributed by atoms with Crippen molar-refractivity contribution in [3.05, 3.63) is 29.6 Å². The normalized spacial score (nSPS) is 18.0. The number of carbonyl (C=O) groups is 2. The summed E-state index contributed by atoms with van der Waals surface area (Å²) in [6.45, 7) is 0.267. The van der Waals surface area contributed by atoms with Gasteiger partial charge in [-0.2, -0.15) is 0 Å². The maximum atomic E-state index is 12.1. The van der Waals surface area contributed by atoms with Crippen LogP contribution in [0.5, 0.6) is 0 Å². The highest BCUT2D eigenvalue weighted by Crippen LogP contribution is 2.30. The van der Waals surface area contributed by atoms with E-state index >= 15 is 0 Å². The number of imide groups is 1. The van der Waals surface area contributed by atoms with Crippen molar-refractivity contribution in [3.8, 4) is 11.8 Å². The van der Waals surface area contributed by atoms with Crippen LogP contribution in [-0.2, 0) is 16.6 Å². The van der Waals surface area contributed by atoms with Gasteiger partial charge in [0.25, 0.3) is 0 Å². The predicted octanol–water partition coefficient (Wildman–Crippen LogP) is 0.404. The van der Waals surface area contributed by atoms with Gasteiger partial charge < -0.3 is 10.3 Å². The maximum absolute atomic E-state index is 12.1. The molecule has 1 unspecified atom stereocenters. The number of benzene rings is 1. The highest BCUT2D eigenvalue weighted by molar-refractivity contribution is 6.02. The monoisotopic (exact) mass is 296 g/mol. The molecule has 112 valence electrons. The molecule has 6 heteroatoms. The van der Waals surface area contributed by atoms with Crippen LogP contribution in [0.1, 0.15) is 30.1 Å². The first-order chi connectivity index (χ1) is 10.6. The van der Waals surface area contributed by atoms with E-state index in [1.54, 1.807) is 0 Å². The molecule has 1 aromatic heterocycles. The molecule has 1 atom stereocenters. The van der Waals surface area contributed by atoms with Crippen LogP contribution in [0.2, 0.25) is 0 Å². The topological polar surface area (TPSA) is 90.0 Å². The van der Waals surface area contributed by atoms with Crippen LogP contribution in [0.15, 0.2) is 18.2 Å². The second kappa shape index (κ2) is 5.62. The number of nitrogens with one attached hydrogen (secondary N) is 1. The van der Waals surface area contributed by atoms with Gasteiger partial charge in [0, 0.05) is 13.5 Å². The SMILES string of the molecule is Cn1c(C#CCN)nc2c(C3CCC(=O)NC3=O)cccc21. The van der Waals surface area contributed by atoms with Gasteiger partial charge in [0.2, 0.25) is 11.8 Å². The van der Waals surface area contributed by atoms with Crippen molar-refractivity contribution in [3.63, 3.8) is 0 Å². The number of imidazole rings is 1. The molecule has 0 radical (unpaired) electrons. The number of nitrogens with two attached hydrogens (primary N) is 1. The number of aromatic nitrogens is 2. The third-order valence-corrected chi connectivity index (χ3v) is 3.86. The minimum atomic E-state index is -0.355. The number of nitrogens with zero attached hydrogens (tertiary/aromatic N) is 2. The number of aryl methyl sites for hydroxylation is 1. The van der Waals surface area contributed by atoms with Gasteiger partial charge in [0.05, 0.1) is 23.5 Å². The molecule has 1 fully saturated rings. The van der Waals surface area contributed by atoms with Crippen LogP contribution in [-0.4, -0.2) is 27.9 Å². The fourth-order valence-corrected chi connectivity index (χ4v) is 2.75. The van der Waals surface area contributed by atoms with Gasteiger partial charge in [-0.15, -0.1) is 0 Å². The molecule has 0 spiro atoms. The molecule has 1 saturated heterocycles. The summed E-state index contributed by atoms with van der Waals surface area (Å²) in [7, 11) is 1.88. The summed E-state index contributed by atoms with van der Waals surface area (Å²) in [5.41, 5.74) is 7.89.